The second-order valence-corrected chi connectivity index (χ2v) is 7.73. The molecule has 0 spiro atoms. The first kappa shape index (κ1) is 17.1. The van der Waals surface area contributed by atoms with Crippen LogP contribution in [0, 0.1) is 17.0 Å². The molecule has 1 aliphatic heterocycles. The van der Waals surface area contributed by atoms with Crippen molar-refractivity contribution in [2.24, 2.45) is 0 Å². The Labute approximate surface area is 134 Å². The van der Waals surface area contributed by atoms with E-state index in [0.29, 0.717) is 0 Å². The number of nitro benzene ring substituents is 1. The second-order valence-electron chi connectivity index (χ2n) is 5.39. The third kappa shape index (κ3) is 3.24. The third-order valence-electron chi connectivity index (χ3n) is 3.51. The lowest BCUT2D eigenvalue weighted by Gasteiger charge is -2.34. The maximum Gasteiger partial charge on any atom is 0.275 e. The van der Waals surface area contributed by atoms with E-state index >= 15 is 0 Å². The number of halogens is 1. The van der Waals surface area contributed by atoms with Gasteiger partial charge >= 0.3 is 0 Å². The van der Waals surface area contributed by atoms with Crippen molar-refractivity contribution in [3.63, 3.8) is 0 Å². The fraction of sp³-hybridized carbons (Fsp3) is 0.538. The molecule has 0 amide bonds. The van der Waals surface area contributed by atoms with Crippen molar-refractivity contribution < 1.29 is 18.1 Å². The molecule has 2 atom stereocenters. The largest absolute Gasteiger partial charge is 0.373 e. The smallest absolute Gasteiger partial charge is 0.275 e. The number of hydrogen-bond acceptors (Lipinski definition) is 5. The minimum Gasteiger partial charge on any atom is -0.373 e. The van der Waals surface area contributed by atoms with Crippen molar-refractivity contribution in [3.8, 4) is 0 Å². The van der Waals surface area contributed by atoms with Crippen LogP contribution < -0.4 is 0 Å². The van der Waals surface area contributed by atoms with Gasteiger partial charge in [0, 0.05) is 24.7 Å². The highest BCUT2D eigenvalue weighted by Gasteiger charge is 2.33. The zero-order valence-corrected chi connectivity index (χ0v) is 14.0. The number of hydrogen-bond donors (Lipinski definition) is 0. The first-order chi connectivity index (χ1) is 10.1. The fourth-order valence-electron chi connectivity index (χ4n) is 2.45. The van der Waals surface area contributed by atoms with Crippen molar-refractivity contribution >= 4 is 27.3 Å². The predicted octanol–water partition coefficient (Wildman–Crippen LogP) is 2.35. The Morgan fingerprint density at radius 2 is 1.86 bits per heavy atom. The number of benzene rings is 1. The minimum absolute atomic E-state index is 0.0575. The molecule has 1 aromatic rings. The van der Waals surface area contributed by atoms with Gasteiger partial charge in [-0.25, -0.2) is 8.42 Å². The van der Waals surface area contributed by atoms with Crippen LogP contribution in [0.2, 0.25) is 5.02 Å². The first-order valence-electron chi connectivity index (χ1n) is 6.73. The molecule has 0 N–H and O–H groups in total. The van der Waals surface area contributed by atoms with Crippen molar-refractivity contribution in [3.05, 3.63) is 32.8 Å². The van der Waals surface area contributed by atoms with Crippen molar-refractivity contribution in [1.82, 2.24) is 4.31 Å². The summed E-state index contributed by atoms with van der Waals surface area (Å²) < 4.78 is 32.2. The molecule has 0 aliphatic carbocycles. The van der Waals surface area contributed by atoms with Gasteiger partial charge < -0.3 is 4.74 Å². The maximum absolute atomic E-state index is 12.7. The highest BCUT2D eigenvalue weighted by Crippen LogP contribution is 2.31. The van der Waals surface area contributed by atoms with E-state index in [4.69, 9.17) is 16.3 Å². The van der Waals surface area contributed by atoms with Crippen molar-refractivity contribution in [2.75, 3.05) is 13.1 Å². The summed E-state index contributed by atoms with van der Waals surface area (Å²) in [5.74, 6) is 0. The molecule has 1 saturated heterocycles. The van der Waals surface area contributed by atoms with Gasteiger partial charge in [-0.05, 0) is 26.8 Å². The van der Waals surface area contributed by atoms with Gasteiger partial charge in [0.2, 0.25) is 10.0 Å². The Morgan fingerprint density at radius 1 is 1.32 bits per heavy atom. The van der Waals surface area contributed by atoms with Gasteiger partial charge in [-0.2, -0.15) is 4.31 Å². The lowest BCUT2D eigenvalue weighted by molar-refractivity contribution is -0.385. The molecule has 1 aliphatic rings. The van der Waals surface area contributed by atoms with Crippen LogP contribution in [0.3, 0.4) is 0 Å². The lowest BCUT2D eigenvalue weighted by atomic mass is 10.2. The van der Waals surface area contributed by atoms with E-state index < -0.39 is 14.9 Å². The van der Waals surface area contributed by atoms with E-state index in [1.807, 2.05) is 0 Å². The predicted molar refractivity (Wildman–Crippen MR) is 81.6 cm³/mol. The average Bonchev–Trinajstić information content (AvgIpc) is 2.40. The van der Waals surface area contributed by atoms with E-state index in [1.54, 1.807) is 13.8 Å². The number of nitro groups is 1. The van der Waals surface area contributed by atoms with E-state index in [1.165, 1.54) is 17.3 Å². The summed E-state index contributed by atoms with van der Waals surface area (Å²) in [4.78, 5) is 10.2. The first-order valence-corrected chi connectivity index (χ1v) is 8.55. The molecule has 0 radical (unpaired) electrons. The van der Waals surface area contributed by atoms with Gasteiger partial charge in [-0.15, -0.1) is 0 Å². The molecule has 2 rings (SSSR count). The fourth-order valence-corrected chi connectivity index (χ4v) is 4.37. The SMILES string of the molecule is Cc1c(Cl)cc(S(=O)(=O)N2C[C@@H](C)O[C@@H](C)C2)cc1[N+](=O)[O-]. The normalized spacial score (nSPS) is 23.5. The third-order valence-corrected chi connectivity index (χ3v) is 5.71. The second kappa shape index (κ2) is 6.11. The van der Waals surface area contributed by atoms with E-state index in [2.05, 4.69) is 0 Å². The van der Waals surface area contributed by atoms with Crippen LogP contribution in [0.1, 0.15) is 19.4 Å². The Bertz CT molecular complexity index is 697. The molecule has 0 aromatic heterocycles. The molecule has 1 fully saturated rings. The number of nitrogens with zero attached hydrogens (tertiary/aromatic N) is 2. The Hall–Kier alpha value is -1.22. The summed E-state index contributed by atoms with van der Waals surface area (Å²) in [6.45, 7) is 5.44. The van der Waals surface area contributed by atoms with Gasteiger partial charge in [0.1, 0.15) is 0 Å². The van der Waals surface area contributed by atoms with Crippen molar-refractivity contribution in [2.45, 2.75) is 37.9 Å². The standard InChI is InChI=1S/C13H17ClN2O5S/c1-8-6-15(7-9(2)21-8)22(19,20)11-4-12(14)10(3)13(5-11)16(17)18/h4-5,8-9H,6-7H2,1-3H3/t8-,9+. The Balaban J connectivity index is 2.48. The molecule has 0 saturated carbocycles. The van der Waals surface area contributed by atoms with Crippen LogP contribution in [0.25, 0.3) is 0 Å². The lowest BCUT2D eigenvalue weighted by Crippen LogP contribution is -2.48. The molecule has 22 heavy (non-hydrogen) atoms. The zero-order chi connectivity index (χ0) is 16.7. The summed E-state index contributed by atoms with van der Waals surface area (Å²) in [6, 6.07) is 2.31. The summed E-state index contributed by atoms with van der Waals surface area (Å²) in [7, 11) is -3.86. The minimum atomic E-state index is -3.86. The quantitative estimate of drug-likeness (QED) is 0.617. The Kier molecular flexibility index (Phi) is 4.76. The number of morpholine rings is 1. The van der Waals surface area contributed by atoms with Crippen LogP contribution in [0.4, 0.5) is 5.69 Å². The molecule has 1 heterocycles. The van der Waals surface area contributed by atoms with Crippen LogP contribution >= 0.6 is 11.6 Å². The van der Waals surface area contributed by atoms with Gasteiger partial charge in [-0.1, -0.05) is 11.6 Å². The number of sulfonamides is 1. The molecular formula is C13H17ClN2O5S. The molecule has 0 unspecified atom stereocenters. The van der Waals surface area contributed by atoms with Gasteiger partial charge in [0.25, 0.3) is 5.69 Å². The molecular weight excluding hydrogens is 332 g/mol. The van der Waals surface area contributed by atoms with Crippen LogP contribution in [-0.2, 0) is 14.8 Å². The van der Waals surface area contributed by atoms with Gasteiger partial charge in [0.05, 0.1) is 27.0 Å². The Morgan fingerprint density at radius 3 is 2.36 bits per heavy atom. The summed E-state index contributed by atoms with van der Waals surface area (Å²) >= 11 is 5.95. The summed E-state index contributed by atoms with van der Waals surface area (Å²) in [5, 5.41) is 11.1. The zero-order valence-electron chi connectivity index (χ0n) is 12.4. The molecule has 9 heteroatoms. The topological polar surface area (TPSA) is 89.8 Å². The highest BCUT2D eigenvalue weighted by atomic mass is 35.5. The van der Waals surface area contributed by atoms with Gasteiger partial charge in [0.15, 0.2) is 0 Å². The highest BCUT2D eigenvalue weighted by molar-refractivity contribution is 7.89. The van der Waals surface area contributed by atoms with E-state index in [9.17, 15) is 18.5 Å². The van der Waals surface area contributed by atoms with Crippen molar-refractivity contribution in [1.29, 1.82) is 0 Å². The maximum atomic E-state index is 12.7. The van der Waals surface area contributed by atoms with Crippen LogP contribution in [0.15, 0.2) is 17.0 Å². The van der Waals surface area contributed by atoms with Gasteiger partial charge in [-0.3, -0.25) is 10.1 Å². The van der Waals surface area contributed by atoms with E-state index in [0.717, 1.165) is 6.07 Å². The molecule has 1 aromatic carbocycles. The van der Waals surface area contributed by atoms with Crippen LogP contribution in [0.5, 0.6) is 0 Å². The van der Waals surface area contributed by atoms with E-state index in [-0.39, 0.29) is 46.5 Å². The molecule has 7 nitrogen and oxygen atoms in total. The summed E-state index contributed by atoms with van der Waals surface area (Å²) in [6.07, 6.45) is -0.483. The number of rotatable bonds is 3. The summed E-state index contributed by atoms with van der Waals surface area (Å²) in [5.41, 5.74) is -0.0604. The monoisotopic (exact) mass is 348 g/mol. The number of ether oxygens (including phenoxy) is 1. The van der Waals surface area contributed by atoms with Crippen LogP contribution in [-0.4, -0.2) is 42.9 Å². The average molecular weight is 349 g/mol. The molecule has 0 bridgehead atoms. The molecule has 122 valence electrons.